The summed E-state index contributed by atoms with van der Waals surface area (Å²) in [5, 5.41) is 20.8. The average molecular weight is 453 g/mol. The number of pyridine rings is 1. The Kier molecular flexibility index (Phi) is 6.37. The molecule has 0 saturated heterocycles. The highest BCUT2D eigenvalue weighted by atomic mass is 32.2. The quantitative estimate of drug-likeness (QED) is 0.585. The average Bonchev–Trinajstić information content (AvgIpc) is 3.18. The van der Waals surface area contributed by atoms with E-state index in [0.717, 1.165) is 0 Å². The van der Waals surface area contributed by atoms with E-state index in [1.165, 1.54) is 28.6 Å². The molecule has 32 heavy (non-hydrogen) atoms. The number of hydrogen-bond donors (Lipinski definition) is 2. The molecule has 0 fully saturated rings. The molecule has 2 N–H and O–H groups in total. The number of nitriles is 1. The van der Waals surface area contributed by atoms with Gasteiger partial charge >= 0.3 is 6.09 Å². The van der Waals surface area contributed by atoms with Gasteiger partial charge < -0.3 is 10.4 Å². The van der Waals surface area contributed by atoms with Crippen LogP contribution in [0, 0.1) is 16.7 Å². The van der Waals surface area contributed by atoms with Crippen LogP contribution in [0.25, 0.3) is 11.3 Å². The van der Waals surface area contributed by atoms with Crippen molar-refractivity contribution < 1.29 is 18.3 Å². The molecule has 3 aromatic rings. The van der Waals surface area contributed by atoms with Crippen molar-refractivity contribution in [2.45, 2.75) is 38.1 Å². The SMILES string of the molecule is CC(C)(C)C(Cc1cc(-c2ccc(C#N)cc2)n(S(=O)(=O)c2cccnc2)c1)NC(=O)O. The predicted octanol–water partition coefficient (Wildman–Crippen LogP) is 3.88. The highest BCUT2D eigenvalue weighted by Gasteiger charge is 2.29. The van der Waals surface area contributed by atoms with Crippen LogP contribution in [0.2, 0.25) is 0 Å². The van der Waals surface area contributed by atoms with Gasteiger partial charge in [-0.05, 0) is 53.3 Å². The molecule has 1 atom stereocenters. The van der Waals surface area contributed by atoms with Crippen LogP contribution in [0.1, 0.15) is 31.9 Å². The van der Waals surface area contributed by atoms with Gasteiger partial charge in [-0.1, -0.05) is 32.9 Å². The van der Waals surface area contributed by atoms with Gasteiger partial charge in [-0.3, -0.25) is 4.98 Å². The lowest BCUT2D eigenvalue weighted by molar-refractivity contribution is 0.174. The zero-order valence-electron chi connectivity index (χ0n) is 18.0. The molecule has 0 spiro atoms. The fourth-order valence-electron chi connectivity index (χ4n) is 3.30. The molecule has 8 nitrogen and oxygen atoms in total. The van der Waals surface area contributed by atoms with Gasteiger partial charge in [-0.15, -0.1) is 0 Å². The first-order chi connectivity index (χ1) is 15.0. The number of benzene rings is 1. The van der Waals surface area contributed by atoms with Gasteiger partial charge in [0.1, 0.15) is 4.90 Å². The fraction of sp³-hybridized carbons (Fsp3) is 0.261. The van der Waals surface area contributed by atoms with Crippen LogP contribution in [0.3, 0.4) is 0 Å². The Morgan fingerprint density at radius 3 is 2.47 bits per heavy atom. The van der Waals surface area contributed by atoms with Crippen LogP contribution in [-0.4, -0.2) is 34.6 Å². The maximum Gasteiger partial charge on any atom is 0.404 e. The summed E-state index contributed by atoms with van der Waals surface area (Å²) >= 11 is 0. The first-order valence-corrected chi connectivity index (χ1v) is 11.3. The smallest absolute Gasteiger partial charge is 0.404 e. The number of rotatable bonds is 6. The molecule has 1 unspecified atom stereocenters. The molecule has 2 heterocycles. The molecule has 0 radical (unpaired) electrons. The van der Waals surface area contributed by atoms with Crippen molar-refractivity contribution in [2.75, 3.05) is 0 Å². The number of carbonyl (C=O) groups is 1. The van der Waals surface area contributed by atoms with E-state index in [1.807, 2.05) is 26.8 Å². The maximum atomic E-state index is 13.4. The Balaban J connectivity index is 2.13. The Morgan fingerprint density at radius 1 is 1.25 bits per heavy atom. The highest BCUT2D eigenvalue weighted by Crippen LogP contribution is 2.30. The van der Waals surface area contributed by atoms with Gasteiger partial charge in [0.25, 0.3) is 10.0 Å². The lowest BCUT2D eigenvalue weighted by atomic mass is 9.83. The number of nitrogens with one attached hydrogen (secondary N) is 1. The molecule has 166 valence electrons. The van der Waals surface area contributed by atoms with E-state index in [4.69, 9.17) is 5.26 Å². The second-order valence-corrected chi connectivity index (χ2v) is 10.3. The molecule has 0 saturated carbocycles. The van der Waals surface area contributed by atoms with Gasteiger partial charge in [0.2, 0.25) is 0 Å². The van der Waals surface area contributed by atoms with Gasteiger partial charge in [-0.2, -0.15) is 5.26 Å². The summed E-state index contributed by atoms with van der Waals surface area (Å²) in [6.07, 6.45) is 3.45. The van der Waals surface area contributed by atoms with E-state index in [2.05, 4.69) is 10.3 Å². The largest absolute Gasteiger partial charge is 0.465 e. The van der Waals surface area contributed by atoms with E-state index in [0.29, 0.717) is 28.8 Å². The molecule has 0 aliphatic heterocycles. The third kappa shape index (κ3) is 4.98. The summed E-state index contributed by atoms with van der Waals surface area (Å²) in [6, 6.07) is 13.0. The third-order valence-corrected chi connectivity index (χ3v) is 6.78. The number of carboxylic acid groups (broad SMARTS) is 1. The number of hydrogen-bond acceptors (Lipinski definition) is 5. The number of aromatic nitrogens is 2. The summed E-state index contributed by atoms with van der Waals surface area (Å²) in [5.74, 6) is 0. The lowest BCUT2D eigenvalue weighted by Crippen LogP contribution is -2.44. The summed E-state index contributed by atoms with van der Waals surface area (Å²) < 4.78 is 28.0. The molecule has 2 aromatic heterocycles. The minimum atomic E-state index is -3.95. The topological polar surface area (TPSA) is 125 Å². The normalized spacial score (nSPS) is 12.7. The summed E-state index contributed by atoms with van der Waals surface area (Å²) in [5.41, 5.74) is 1.75. The molecule has 0 aliphatic carbocycles. The lowest BCUT2D eigenvalue weighted by Gasteiger charge is -2.30. The highest BCUT2D eigenvalue weighted by molar-refractivity contribution is 7.90. The molecule has 1 amide bonds. The monoisotopic (exact) mass is 452 g/mol. The second kappa shape index (κ2) is 8.85. The Labute approximate surface area is 187 Å². The van der Waals surface area contributed by atoms with E-state index in [1.54, 1.807) is 36.4 Å². The van der Waals surface area contributed by atoms with E-state index >= 15 is 0 Å². The predicted molar refractivity (Wildman–Crippen MR) is 120 cm³/mol. The number of nitrogens with zero attached hydrogens (tertiary/aromatic N) is 3. The minimum absolute atomic E-state index is 0.0353. The summed E-state index contributed by atoms with van der Waals surface area (Å²) in [7, 11) is -3.95. The van der Waals surface area contributed by atoms with Crippen molar-refractivity contribution in [3.8, 4) is 17.3 Å². The van der Waals surface area contributed by atoms with Crippen LogP contribution in [-0.2, 0) is 16.4 Å². The summed E-state index contributed by atoms with van der Waals surface area (Å²) in [6.45, 7) is 5.75. The van der Waals surface area contributed by atoms with Crippen molar-refractivity contribution in [1.29, 1.82) is 5.26 Å². The van der Waals surface area contributed by atoms with Crippen LogP contribution in [0.15, 0.2) is 66.0 Å². The van der Waals surface area contributed by atoms with Crippen molar-refractivity contribution in [2.24, 2.45) is 5.41 Å². The van der Waals surface area contributed by atoms with E-state index in [9.17, 15) is 18.3 Å². The van der Waals surface area contributed by atoms with Crippen molar-refractivity contribution in [1.82, 2.24) is 14.3 Å². The number of amides is 1. The van der Waals surface area contributed by atoms with Crippen molar-refractivity contribution >= 4 is 16.1 Å². The Hall–Kier alpha value is -3.64. The van der Waals surface area contributed by atoms with Crippen molar-refractivity contribution in [3.63, 3.8) is 0 Å². The molecule has 9 heteroatoms. The maximum absolute atomic E-state index is 13.4. The van der Waals surface area contributed by atoms with Crippen LogP contribution in [0.4, 0.5) is 4.79 Å². The summed E-state index contributed by atoms with van der Waals surface area (Å²) in [4.78, 5) is 15.3. The molecule has 0 aliphatic rings. The first kappa shape index (κ1) is 23.0. The van der Waals surface area contributed by atoms with Crippen LogP contribution in [0.5, 0.6) is 0 Å². The minimum Gasteiger partial charge on any atom is -0.465 e. The molecule has 1 aromatic carbocycles. The van der Waals surface area contributed by atoms with Gasteiger partial charge in [0, 0.05) is 24.6 Å². The van der Waals surface area contributed by atoms with Gasteiger partial charge in [-0.25, -0.2) is 17.2 Å². The van der Waals surface area contributed by atoms with E-state index < -0.39 is 27.6 Å². The van der Waals surface area contributed by atoms with Gasteiger partial charge in [0.15, 0.2) is 0 Å². The van der Waals surface area contributed by atoms with Crippen LogP contribution < -0.4 is 5.32 Å². The Morgan fingerprint density at radius 2 is 1.94 bits per heavy atom. The Bertz CT molecular complexity index is 1250. The first-order valence-electron chi connectivity index (χ1n) is 9.89. The second-order valence-electron chi connectivity index (χ2n) is 8.48. The van der Waals surface area contributed by atoms with Crippen LogP contribution >= 0.6 is 0 Å². The van der Waals surface area contributed by atoms with Gasteiger partial charge in [0.05, 0.1) is 17.3 Å². The zero-order chi connectivity index (χ0) is 23.5. The zero-order valence-corrected chi connectivity index (χ0v) is 18.8. The third-order valence-electron chi connectivity index (χ3n) is 5.13. The van der Waals surface area contributed by atoms with Crippen molar-refractivity contribution in [3.05, 3.63) is 72.2 Å². The standard InChI is InChI=1S/C23H24N4O4S/c1-23(2,3)21(26-22(28)29)12-17-11-20(18-8-6-16(13-24)7-9-18)27(15-17)32(30,31)19-5-4-10-25-14-19/h4-11,14-15,21,26H,12H2,1-3H3,(H,28,29). The molecular formula is C23H24N4O4S. The molecule has 0 bridgehead atoms. The molecule has 3 rings (SSSR count). The fourth-order valence-corrected chi connectivity index (χ4v) is 4.67. The molecular weight excluding hydrogens is 428 g/mol. The van der Waals surface area contributed by atoms with E-state index in [-0.39, 0.29) is 4.90 Å².